The summed E-state index contributed by atoms with van der Waals surface area (Å²) < 4.78 is 24.8. The average molecular weight is 310 g/mol. The largest absolute Gasteiger partial charge is 0.486 e. The molecule has 0 fully saturated rings. The van der Waals surface area contributed by atoms with Gasteiger partial charge in [-0.3, -0.25) is 0 Å². The van der Waals surface area contributed by atoms with Gasteiger partial charge in [0.2, 0.25) is 0 Å². The Hall–Kier alpha value is -1.78. The highest BCUT2D eigenvalue weighted by atomic mass is 35.5. The molecular weight excluding hydrogens is 293 g/mol. The van der Waals surface area contributed by atoms with Crippen LogP contribution in [0, 0.1) is 12.7 Å². The molecule has 0 saturated heterocycles. The van der Waals surface area contributed by atoms with Gasteiger partial charge in [0, 0.05) is 22.2 Å². The first-order chi connectivity index (χ1) is 10.2. The first kappa shape index (κ1) is 15.6. The lowest BCUT2D eigenvalue weighted by atomic mass is 9.99. The van der Waals surface area contributed by atoms with Crippen molar-refractivity contribution in [2.75, 3.05) is 20.3 Å². The van der Waals surface area contributed by atoms with E-state index in [0.29, 0.717) is 35.3 Å². The molecule has 0 amide bonds. The van der Waals surface area contributed by atoms with E-state index in [4.69, 9.17) is 21.1 Å². The fourth-order valence-electron chi connectivity index (χ4n) is 2.28. The van der Waals surface area contributed by atoms with Gasteiger partial charge in [-0.15, -0.1) is 0 Å². The summed E-state index contributed by atoms with van der Waals surface area (Å²) in [6.07, 6.45) is 0. The van der Waals surface area contributed by atoms with Crippen LogP contribution in [-0.2, 0) is 0 Å². The number of hydrogen-bond acceptors (Lipinski definition) is 3. The molecule has 112 valence electrons. The van der Waals surface area contributed by atoms with Crippen LogP contribution in [0.1, 0.15) is 5.56 Å². The first-order valence-corrected chi connectivity index (χ1v) is 6.97. The second kappa shape index (κ2) is 6.78. The Labute approximate surface area is 128 Å². The van der Waals surface area contributed by atoms with E-state index in [1.54, 1.807) is 6.07 Å². The van der Waals surface area contributed by atoms with Crippen LogP contribution in [0.25, 0.3) is 11.1 Å². The fraction of sp³-hybridized carbons (Fsp3) is 0.250. The molecule has 1 heterocycles. The highest BCUT2D eigenvalue weighted by molar-refractivity contribution is 6.33. The molecule has 0 spiro atoms. The van der Waals surface area contributed by atoms with Crippen LogP contribution in [0.15, 0.2) is 30.3 Å². The zero-order valence-corrected chi connectivity index (χ0v) is 12.7. The number of aryl methyl sites for hydroxylation is 1. The Morgan fingerprint density at radius 2 is 1.86 bits per heavy atom. The van der Waals surface area contributed by atoms with Crippen molar-refractivity contribution in [2.24, 2.45) is 5.73 Å². The number of halogens is 2. The molecule has 1 aliphatic rings. The fourth-order valence-corrected chi connectivity index (χ4v) is 2.60. The SMILES string of the molecule is CN.Cc1cccc(Cl)c1-c1cc(F)cc2c1OCCO2. The van der Waals surface area contributed by atoms with Crippen molar-refractivity contribution in [3.05, 3.63) is 46.7 Å². The van der Waals surface area contributed by atoms with Gasteiger partial charge in [0.15, 0.2) is 11.5 Å². The van der Waals surface area contributed by atoms with Crippen LogP contribution in [0.4, 0.5) is 4.39 Å². The minimum atomic E-state index is -0.362. The first-order valence-electron chi connectivity index (χ1n) is 6.59. The smallest absolute Gasteiger partial charge is 0.169 e. The molecule has 0 bridgehead atoms. The zero-order chi connectivity index (χ0) is 15.4. The van der Waals surface area contributed by atoms with Gasteiger partial charge >= 0.3 is 0 Å². The number of nitrogens with two attached hydrogens (primary N) is 1. The van der Waals surface area contributed by atoms with Gasteiger partial charge in [-0.2, -0.15) is 0 Å². The van der Waals surface area contributed by atoms with E-state index in [0.717, 1.165) is 11.1 Å². The van der Waals surface area contributed by atoms with Gasteiger partial charge in [-0.25, -0.2) is 4.39 Å². The lowest BCUT2D eigenvalue weighted by Crippen LogP contribution is -2.16. The van der Waals surface area contributed by atoms with Crippen LogP contribution < -0.4 is 15.2 Å². The van der Waals surface area contributed by atoms with E-state index in [1.807, 2.05) is 19.1 Å². The Balaban J connectivity index is 0.000000774. The molecule has 0 unspecified atom stereocenters. The van der Waals surface area contributed by atoms with Crippen LogP contribution >= 0.6 is 11.6 Å². The van der Waals surface area contributed by atoms with Crippen LogP contribution in [0.2, 0.25) is 5.02 Å². The van der Waals surface area contributed by atoms with Crippen LogP contribution in [-0.4, -0.2) is 20.3 Å². The quantitative estimate of drug-likeness (QED) is 0.871. The van der Waals surface area contributed by atoms with Gasteiger partial charge in [0.25, 0.3) is 0 Å². The second-order valence-corrected chi connectivity index (χ2v) is 4.82. The normalized spacial score (nSPS) is 12.4. The third-order valence-corrected chi connectivity index (χ3v) is 3.41. The maximum absolute atomic E-state index is 13.7. The molecular formula is C16H17ClFNO2. The Kier molecular flexibility index (Phi) is 5.04. The predicted molar refractivity (Wildman–Crippen MR) is 82.7 cm³/mol. The van der Waals surface area contributed by atoms with Gasteiger partial charge in [0.1, 0.15) is 19.0 Å². The number of benzene rings is 2. The minimum absolute atomic E-state index is 0.362. The summed E-state index contributed by atoms with van der Waals surface area (Å²) in [5, 5.41) is 0.571. The molecule has 0 saturated carbocycles. The van der Waals surface area contributed by atoms with Crippen molar-refractivity contribution in [1.29, 1.82) is 0 Å². The molecule has 2 N–H and O–H groups in total. The number of ether oxygens (including phenoxy) is 2. The molecule has 5 heteroatoms. The number of rotatable bonds is 1. The summed E-state index contributed by atoms with van der Waals surface area (Å²) in [5.74, 6) is 0.628. The van der Waals surface area contributed by atoms with E-state index in [2.05, 4.69) is 5.73 Å². The van der Waals surface area contributed by atoms with Gasteiger partial charge in [-0.1, -0.05) is 23.7 Å². The van der Waals surface area contributed by atoms with E-state index < -0.39 is 0 Å². The lowest BCUT2D eigenvalue weighted by molar-refractivity contribution is 0.171. The molecule has 2 aromatic rings. The molecule has 2 aromatic carbocycles. The van der Waals surface area contributed by atoms with Crippen molar-refractivity contribution in [2.45, 2.75) is 6.92 Å². The van der Waals surface area contributed by atoms with Crippen molar-refractivity contribution in [3.8, 4) is 22.6 Å². The third kappa shape index (κ3) is 3.12. The van der Waals surface area contributed by atoms with Crippen LogP contribution in [0.3, 0.4) is 0 Å². The molecule has 0 aromatic heterocycles. The van der Waals surface area contributed by atoms with Crippen molar-refractivity contribution in [3.63, 3.8) is 0 Å². The van der Waals surface area contributed by atoms with Crippen LogP contribution in [0.5, 0.6) is 11.5 Å². The third-order valence-electron chi connectivity index (χ3n) is 3.10. The summed E-state index contributed by atoms with van der Waals surface area (Å²) in [4.78, 5) is 0. The lowest BCUT2D eigenvalue weighted by Gasteiger charge is -2.22. The molecule has 0 radical (unpaired) electrons. The van der Waals surface area contributed by atoms with E-state index >= 15 is 0 Å². The van der Waals surface area contributed by atoms with Crippen molar-refractivity contribution < 1.29 is 13.9 Å². The highest BCUT2D eigenvalue weighted by Gasteiger charge is 2.21. The highest BCUT2D eigenvalue weighted by Crippen LogP contribution is 2.44. The molecule has 0 aliphatic carbocycles. The molecule has 3 rings (SSSR count). The van der Waals surface area contributed by atoms with E-state index in [-0.39, 0.29) is 5.82 Å². The van der Waals surface area contributed by atoms with E-state index in [9.17, 15) is 4.39 Å². The molecule has 3 nitrogen and oxygen atoms in total. The van der Waals surface area contributed by atoms with Gasteiger partial charge < -0.3 is 15.2 Å². The molecule has 0 atom stereocenters. The topological polar surface area (TPSA) is 44.5 Å². The maximum Gasteiger partial charge on any atom is 0.169 e. The Morgan fingerprint density at radius 3 is 2.57 bits per heavy atom. The number of hydrogen-bond donors (Lipinski definition) is 1. The van der Waals surface area contributed by atoms with Gasteiger partial charge in [0.05, 0.1) is 0 Å². The summed E-state index contributed by atoms with van der Waals surface area (Å²) in [6.45, 7) is 2.81. The van der Waals surface area contributed by atoms with Gasteiger partial charge in [-0.05, 0) is 31.7 Å². The summed E-state index contributed by atoms with van der Waals surface area (Å²) in [7, 11) is 1.50. The summed E-state index contributed by atoms with van der Waals surface area (Å²) in [6, 6.07) is 8.35. The standard InChI is InChI=1S/C15H12ClFO2.CH5N/c1-9-3-2-4-12(16)14(9)11-7-10(17)8-13-15(11)19-6-5-18-13;1-2/h2-4,7-8H,5-6H2,1H3;2H2,1H3. The maximum atomic E-state index is 13.7. The summed E-state index contributed by atoms with van der Waals surface area (Å²) >= 11 is 6.24. The van der Waals surface area contributed by atoms with Crippen molar-refractivity contribution in [1.82, 2.24) is 0 Å². The predicted octanol–water partition coefficient (Wildman–Crippen LogP) is 3.80. The van der Waals surface area contributed by atoms with Crippen molar-refractivity contribution >= 4 is 11.6 Å². The van der Waals surface area contributed by atoms with E-state index in [1.165, 1.54) is 19.2 Å². The summed E-state index contributed by atoms with van der Waals surface area (Å²) in [5.41, 5.74) is 6.89. The molecule has 1 aliphatic heterocycles. The monoisotopic (exact) mass is 309 g/mol. The second-order valence-electron chi connectivity index (χ2n) is 4.41. The Morgan fingerprint density at radius 1 is 1.14 bits per heavy atom. The molecule has 21 heavy (non-hydrogen) atoms. The Bertz CT molecular complexity index is 626. The zero-order valence-electron chi connectivity index (χ0n) is 12.0. The number of fused-ring (bicyclic) bond motifs is 1. The average Bonchev–Trinajstić information content (AvgIpc) is 2.49. The minimum Gasteiger partial charge on any atom is -0.486 e.